The highest BCUT2D eigenvalue weighted by Gasteiger charge is 2.41. The standard InChI is InChI=1S/C79H122N14O20/c1-9-47(6)66(75(107)92-68(49(8)96)77(109)87-56(39-46(4)5)71(103)89-59(79(112)113)41-51-43-82-53-31-26-25-30-52(51)53)90-69(101)54(35-36-62(80)97)84-74(106)61-32-27-37-93(61)65(100)34-24-19-17-15-13-11-10-12-14-16-18-23-33-64(99)83-60(44-94)73(105)91-67(48(7)95)76(108)86-55(38-45(2)3)70(102)85-57(42-63(81)98)72(104)88-58(78(110)111)40-50-28-21-20-22-29-50/h20-22,25-26,28-31,43,45-49,54-61,66-68,82,94-96H,9-19,23-24,27,32-42,44H2,1-8H3,(H2,80,97)(H2,81,98)(H,83,99)(H,84,106)(H,85,102)(H,86,108)(H,87,109)(H,88,104)(H,89,103)(H,90,101)(H,91,105)(H,92,107)(H,110,111)(H,112,113)/t47-,48+,49+,54+,55+,56+,57+,58+,59+,60+,61?,66+,67+,68+/m1/s1. The van der Waals surface area contributed by atoms with E-state index in [-0.39, 0.29) is 69.1 Å². The Hall–Kier alpha value is -10.1. The molecule has 1 unspecified atom stereocenters. The number of aliphatic hydroxyl groups is 3. The van der Waals surface area contributed by atoms with Crippen molar-refractivity contribution in [3.05, 3.63) is 71.9 Å². The number of primary amides is 2. The summed E-state index contributed by atoms with van der Waals surface area (Å²) in [6.07, 6.45) is 8.52. The minimum absolute atomic E-state index is 0.0327. The Labute approximate surface area is 659 Å². The van der Waals surface area contributed by atoms with Crippen LogP contribution in [-0.2, 0) is 84.8 Å². The van der Waals surface area contributed by atoms with E-state index >= 15 is 0 Å². The smallest absolute Gasteiger partial charge is 0.326 e. The second-order valence-corrected chi connectivity index (χ2v) is 30.3. The van der Waals surface area contributed by atoms with Gasteiger partial charge in [0.05, 0.1) is 25.2 Å². The number of aliphatic carboxylic acids is 2. The molecule has 0 saturated carbocycles. The lowest BCUT2D eigenvalue weighted by atomic mass is 9.96. The molecule has 1 saturated heterocycles. The van der Waals surface area contributed by atoms with Crippen molar-refractivity contribution in [2.75, 3.05) is 13.2 Å². The van der Waals surface area contributed by atoms with Gasteiger partial charge in [0.2, 0.25) is 76.8 Å². The Kier molecular flexibility index (Phi) is 41.7. The lowest BCUT2D eigenvalue weighted by molar-refractivity contribution is -0.143. The Morgan fingerprint density at radius 2 is 0.920 bits per heavy atom. The summed E-state index contributed by atoms with van der Waals surface area (Å²) in [5.41, 5.74) is 12.9. The summed E-state index contributed by atoms with van der Waals surface area (Å²) < 4.78 is 0. The Balaban J connectivity index is 1.17. The molecular formula is C79H122N14O20. The third-order valence-corrected chi connectivity index (χ3v) is 19.8. The fraction of sp³-hybridized carbons (Fsp3) is 0.633. The number of carbonyl (C=O) groups excluding carboxylic acids is 13. The zero-order valence-corrected chi connectivity index (χ0v) is 66.4. The van der Waals surface area contributed by atoms with Crippen LogP contribution in [0, 0.1) is 17.8 Å². The zero-order valence-electron chi connectivity index (χ0n) is 66.4. The number of nitrogens with one attached hydrogen (secondary N) is 11. The number of carbonyl (C=O) groups is 15. The minimum Gasteiger partial charge on any atom is -0.480 e. The van der Waals surface area contributed by atoms with Crippen LogP contribution in [0.5, 0.6) is 0 Å². The van der Waals surface area contributed by atoms with Gasteiger partial charge in [0, 0.05) is 55.7 Å². The van der Waals surface area contributed by atoms with Crippen LogP contribution in [0.1, 0.15) is 208 Å². The molecule has 2 heterocycles. The number of para-hydroxylation sites is 1. The fourth-order valence-electron chi connectivity index (χ4n) is 13.3. The molecule has 14 atom stereocenters. The number of fused-ring (bicyclic) bond motifs is 1. The number of H-pyrrole nitrogens is 1. The van der Waals surface area contributed by atoms with Crippen molar-refractivity contribution in [1.29, 1.82) is 0 Å². The molecule has 4 rings (SSSR count). The number of nitrogens with two attached hydrogens (primary N) is 2. The van der Waals surface area contributed by atoms with Gasteiger partial charge >= 0.3 is 11.9 Å². The van der Waals surface area contributed by atoms with E-state index in [4.69, 9.17) is 11.5 Å². The van der Waals surface area contributed by atoms with Crippen LogP contribution in [0.15, 0.2) is 60.8 Å². The summed E-state index contributed by atoms with van der Waals surface area (Å²) in [6.45, 7) is 12.3. The summed E-state index contributed by atoms with van der Waals surface area (Å²) in [5, 5.41) is 77.3. The molecule has 1 aliphatic rings. The monoisotopic (exact) mass is 1590 g/mol. The van der Waals surface area contributed by atoms with Crippen molar-refractivity contribution in [2.45, 2.75) is 288 Å². The number of nitrogens with zero attached hydrogens (tertiary/aromatic N) is 1. The Bertz CT molecular complexity index is 3650. The molecule has 3 aromatic rings. The van der Waals surface area contributed by atoms with E-state index in [1.54, 1.807) is 84.1 Å². The van der Waals surface area contributed by atoms with Crippen molar-refractivity contribution in [1.82, 2.24) is 63.1 Å². The quantitative estimate of drug-likeness (QED) is 0.0356. The van der Waals surface area contributed by atoms with Crippen LogP contribution in [0.4, 0.5) is 0 Å². The van der Waals surface area contributed by atoms with Crippen molar-refractivity contribution < 1.29 is 97.5 Å². The molecule has 20 N–H and O–H groups in total. The predicted octanol–water partition coefficient (Wildman–Crippen LogP) is 1.46. The van der Waals surface area contributed by atoms with Gasteiger partial charge in [-0.3, -0.25) is 62.3 Å². The van der Waals surface area contributed by atoms with Crippen LogP contribution < -0.4 is 64.6 Å². The molecule has 1 fully saturated rings. The summed E-state index contributed by atoms with van der Waals surface area (Å²) >= 11 is 0. The molecule has 628 valence electrons. The highest BCUT2D eigenvalue weighted by Crippen LogP contribution is 2.23. The number of carboxylic acid groups (broad SMARTS) is 2. The molecule has 34 heteroatoms. The topological polar surface area (TPSA) is 549 Å². The average molecular weight is 1590 g/mol. The molecular weight excluding hydrogens is 1460 g/mol. The van der Waals surface area contributed by atoms with Gasteiger partial charge in [-0.05, 0) is 93.7 Å². The third-order valence-electron chi connectivity index (χ3n) is 19.8. The molecule has 1 aliphatic heterocycles. The molecule has 34 nitrogen and oxygen atoms in total. The van der Waals surface area contributed by atoms with E-state index in [0.29, 0.717) is 56.2 Å². The summed E-state index contributed by atoms with van der Waals surface area (Å²) in [5.74, 6) is -14.5. The van der Waals surface area contributed by atoms with E-state index < -0.39 is 180 Å². The molecule has 0 spiro atoms. The van der Waals surface area contributed by atoms with E-state index in [0.717, 1.165) is 68.7 Å². The van der Waals surface area contributed by atoms with E-state index in [1.165, 1.54) is 18.7 Å². The van der Waals surface area contributed by atoms with Gasteiger partial charge in [-0.1, -0.05) is 161 Å². The van der Waals surface area contributed by atoms with Crippen LogP contribution in [0.3, 0.4) is 0 Å². The fourth-order valence-corrected chi connectivity index (χ4v) is 13.3. The van der Waals surface area contributed by atoms with Crippen molar-refractivity contribution in [2.24, 2.45) is 29.2 Å². The number of aromatic amines is 1. The molecule has 1 aromatic heterocycles. The summed E-state index contributed by atoms with van der Waals surface area (Å²) in [7, 11) is 0. The Morgan fingerprint density at radius 1 is 0.478 bits per heavy atom. The van der Waals surface area contributed by atoms with Gasteiger partial charge in [0.25, 0.3) is 0 Å². The number of hydrogen-bond acceptors (Lipinski definition) is 18. The second kappa shape index (κ2) is 49.4. The summed E-state index contributed by atoms with van der Waals surface area (Å²) in [6, 6.07) is -0.133. The van der Waals surface area contributed by atoms with Crippen molar-refractivity contribution in [3.8, 4) is 0 Å². The average Bonchev–Trinajstić information content (AvgIpc) is 1.78. The van der Waals surface area contributed by atoms with Gasteiger partial charge in [-0.15, -0.1) is 0 Å². The number of aliphatic hydroxyl groups excluding tert-OH is 3. The number of carboxylic acids is 2. The van der Waals surface area contributed by atoms with Crippen LogP contribution in [0.25, 0.3) is 10.9 Å². The van der Waals surface area contributed by atoms with Gasteiger partial charge in [0.15, 0.2) is 0 Å². The highest BCUT2D eigenvalue weighted by molar-refractivity contribution is 6.00. The first-order valence-corrected chi connectivity index (χ1v) is 39.5. The first kappa shape index (κ1) is 95.3. The maximum Gasteiger partial charge on any atom is 0.326 e. The van der Waals surface area contributed by atoms with Gasteiger partial charge < -0.3 is 100 Å². The SMILES string of the molecule is CC[C@@H](C)[C@H](NC(=O)[C@H](CCC(N)=O)NC(=O)C1CCCN1C(=O)CCCCCCCCCCCCCCC(=O)N[C@@H](CO)C(=O)N[C@H](C(=O)N[C@@H](CC(C)C)C(=O)N[C@@H](CC(N)=O)C(=O)N[C@@H](Cc1ccccc1)C(=O)O)[C@H](C)O)C(=O)N[C@H](C(=O)N[C@@H](CC(C)C)C(=O)N[C@@H](Cc1c[nH]c2ccccc12)C(=O)O)[C@H](C)O. The van der Waals surface area contributed by atoms with Crippen LogP contribution >= 0.6 is 0 Å². The van der Waals surface area contributed by atoms with Crippen LogP contribution in [-0.4, -0.2) is 216 Å². The summed E-state index contributed by atoms with van der Waals surface area (Å²) in [4.78, 5) is 204. The number of unbranched alkanes of at least 4 members (excludes halogenated alkanes) is 11. The third kappa shape index (κ3) is 33.6. The van der Waals surface area contributed by atoms with Gasteiger partial charge in [-0.2, -0.15) is 0 Å². The highest BCUT2D eigenvalue weighted by atomic mass is 16.4. The van der Waals surface area contributed by atoms with Crippen molar-refractivity contribution >= 4 is 99.6 Å². The normalized spacial score (nSPS) is 16.2. The number of rotatable bonds is 54. The van der Waals surface area contributed by atoms with Crippen molar-refractivity contribution in [3.63, 3.8) is 0 Å². The number of aromatic nitrogens is 1. The molecule has 0 radical (unpaired) electrons. The number of likely N-dealkylation sites (tertiary alicyclic amines) is 1. The molecule has 0 aliphatic carbocycles. The molecule has 0 bridgehead atoms. The Morgan fingerprint density at radius 3 is 1.42 bits per heavy atom. The first-order valence-electron chi connectivity index (χ1n) is 39.5. The lowest BCUT2D eigenvalue weighted by Gasteiger charge is -2.30. The largest absolute Gasteiger partial charge is 0.480 e. The first-order chi connectivity index (χ1) is 53.5. The van der Waals surface area contributed by atoms with Gasteiger partial charge in [0.1, 0.15) is 66.5 Å². The predicted molar refractivity (Wildman–Crippen MR) is 417 cm³/mol. The number of benzene rings is 2. The maximum atomic E-state index is 14.2. The number of amides is 13. The maximum absolute atomic E-state index is 14.2. The molecule has 2 aromatic carbocycles. The lowest BCUT2D eigenvalue weighted by Crippen LogP contribution is -2.62. The van der Waals surface area contributed by atoms with Gasteiger partial charge in [-0.25, -0.2) is 9.59 Å². The minimum atomic E-state index is -1.70. The van der Waals surface area contributed by atoms with Crippen LogP contribution in [0.2, 0.25) is 0 Å². The number of hydrogen-bond donors (Lipinski definition) is 18. The van der Waals surface area contributed by atoms with E-state index in [1.807, 2.05) is 18.2 Å². The molecule has 13 amide bonds. The zero-order chi connectivity index (χ0) is 84.0. The van der Waals surface area contributed by atoms with E-state index in [2.05, 4.69) is 58.2 Å². The molecule has 113 heavy (non-hydrogen) atoms. The second-order valence-electron chi connectivity index (χ2n) is 30.3. The van der Waals surface area contributed by atoms with E-state index in [9.17, 15) is 97.5 Å².